The van der Waals surface area contributed by atoms with Gasteiger partial charge in [-0.25, -0.2) is 4.98 Å². The number of amides is 1. The Labute approximate surface area is 168 Å². The van der Waals surface area contributed by atoms with E-state index in [0.717, 1.165) is 40.3 Å². The number of hydrogen-bond acceptors (Lipinski definition) is 5. The van der Waals surface area contributed by atoms with Crippen molar-refractivity contribution in [3.05, 3.63) is 52.0 Å². The molecular weight excluding hydrogens is 370 g/mol. The SMILES string of the molecule is CC[C@@H]1CCc2nc3sc(C(=O)NCc4ccc(OC)cc4)c(N)c3cc2C1. The maximum absolute atomic E-state index is 12.7. The smallest absolute Gasteiger partial charge is 0.263 e. The molecule has 1 aliphatic carbocycles. The van der Waals surface area contributed by atoms with Crippen LogP contribution in [0.1, 0.15) is 46.3 Å². The summed E-state index contributed by atoms with van der Waals surface area (Å²) in [7, 11) is 1.63. The standard InChI is InChI=1S/C22H25N3O2S/c1-3-13-6-9-18-15(10-13)11-17-19(23)20(28-22(17)25-18)21(26)24-12-14-4-7-16(27-2)8-5-14/h4-5,7-8,11,13H,3,6,9-10,12,23H2,1-2H3,(H,24,26)/t13-/m1/s1. The van der Waals surface area contributed by atoms with Crippen LogP contribution >= 0.6 is 11.3 Å². The lowest BCUT2D eigenvalue weighted by molar-refractivity contribution is 0.0956. The van der Waals surface area contributed by atoms with E-state index in [1.807, 2.05) is 24.3 Å². The fourth-order valence-corrected chi connectivity index (χ4v) is 4.80. The first-order valence-corrected chi connectivity index (χ1v) is 10.5. The van der Waals surface area contributed by atoms with E-state index >= 15 is 0 Å². The summed E-state index contributed by atoms with van der Waals surface area (Å²) in [5.74, 6) is 1.36. The molecule has 1 amide bonds. The van der Waals surface area contributed by atoms with Crippen molar-refractivity contribution < 1.29 is 9.53 Å². The summed E-state index contributed by atoms with van der Waals surface area (Å²) in [4.78, 5) is 19.0. The molecule has 0 bridgehead atoms. The second kappa shape index (κ2) is 7.80. The number of nitrogens with one attached hydrogen (secondary N) is 1. The van der Waals surface area contributed by atoms with Crippen LogP contribution < -0.4 is 15.8 Å². The number of nitrogens with two attached hydrogens (primary N) is 1. The van der Waals surface area contributed by atoms with Gasteiger partial charge in [-0.05, 0) is 54.5 Å². The average molecular weight is 396 g/mol. The molecule has 0 radical (unpaired) electrons. The number of carbonyl (C=O) groups excluding carboxylic acids is 1. The molecule has 0 saturated carbocycles. The van der Waals surface area contributed by atoms with Gasteiger partial charge in [-0.2, -0.15) is 0 Å². The lowest BCUT2D eigenvalue weighted by Gasteiger charge is -2.22. The second-order valence-electron chi connectivity index (χ2n) is 7.34. The molecule has 0 saturated heterocycles. The van der Waals surface area contributed by atoms with Crippen LogP contribution in [-0.2, 0) is 19.4 Å². The maximum atomic E-state index is 12.7. The highest BCUT2D eigenvalue weighted by atomic mass is 32.1. The molecule has 146 valence electrons. The third kappa shape index (κ3) is 3.56. The van der Waals surface area contributed by atoms with Gasteiger partial charge in [0.15, 0.2) is 0 Å². The summed E-state index contributed by atoms with van der Waals surface area (Å²) in [6.45, 7) is 2.68. The van der Waals surface area contributed by atoms with E-state index in [1.54, 1.807) is 7.11 Å². The second-order valence-corrected chi connectivity index (χ2v) is 8.34. The van der Waals surface area contributed by atoms with Crippen LogP contribution in [0.5, 0.6) is 5.75 Å². The van der Waals surface area contributed by atoms with Gasteiger partial charge in [0.05, 0.1) is 12.8 Å². The third-order valence-corrected chi connectivity index (χ3v) is 6.70. The van der Waals surface area contributed by atoms with Gasteiger partial charge in [0, 0.05) is 17.6 Å². The van der Waals surface area contributed by atoms with Gasteiger partial charge in [0.1, 0.15) is 15.5 Å². The maximum Gasteiger partial charge on any atom is 0.263 e. The van der Waals surface area contributed by atoms with Gasteiger partial charge in [-0.1, -0.05) is 25.5 Å². The van der Waals surface area contributed by atoms with Crippen LogP contribution in [-0.4, -0.2) is 18.0 Å². The third-order valence-electron chi connectivity index (χ3n) is 5.58. The van der Waals surface area contributed by atoms with Crippen molar-refractivity contribution in [3.8, 4) is 5.75 Å². The highest BCUT2D eigenvalue weighted by molar-refractivity contribution is 7.21. The average Bonchev–Trinajstić information content (AvgIpc) is 3.06. The molecule has 0 unspecified atom stereocenters. The predicted molar refractivity (Wildman–Crippen MR) is 114 cm³/mol. The van der Waals surface area contributed by atoms with E-state index in [4.69, 9.17) is 15.5 Å². The van der Waals surface area contributed by atoms with E-state index in [0.29, 0.717) is 17.1 Å². The van der Waals surface area contributed by atoms with E-state index in [1.165, 1.54) is 35.4 Å². The van der Waals surface area contributed by atoms with Gasteiger partial charge >= 0.3 is 0 Å². The minimum absolute atomic E-state index is 0.152. The number of ether oxygens (including phenoxy) is 1. The van der Waals surface area contributed by atoms with Gasteiger partial charge in [0.25, 0.3) is 5.91 Å². The van der Waals surface area contributed by atoms with Crippen molar-refractivity contribution >= 4 is 33.1 Å². The van der Waals surface area contributed by atoms with Gasteiger partial charge in [0.2, 0.25) is 0 Å². The molecule has 1 atom stereocenters. The van der Waals surface area contributed by atoms with Crippen molar-refractivity contribution in [2.45, 2.75) is 39.2 Å². The quantitative estimate of drug-likeness (QED) is 0.674. The van der Waals surface area contributed by atoms with Crippen LogP contribution in [0.2, 0.25) is 0 Å². The topological polar surface area (TPSA) is 77.2 Å². The monoisotopic (exact) mass is 395 g/mol. The lowest BCUT2D eigenvalue weighted by atomic mass is 9.85. The van der Waals surface area contributed by atoms with Gasteiger partial charge < -0.3 is 15.8 Å². The number of fused-ring (bicyclic) bond motifs is 2. The molecule has 3 N–H and O–H groups in total. The molecule has 1 aromatic carbocycles. The zero-order chi connectivity index (χ0) is 19.7. The van der Waals surface area contributed by atoms with Crippen molar-refractivity contribution in [1.29, 1.82) is 0 Å². The molecule has 2 aromatic heterocycles. The first-order chi connectivity index (χ1) is 13.6. The summed E-state index contributed by atoms with van der Waals surface area (Å²) in [5.41, 5.74) is 10.4. The number of pyridine rings is 1. The number of anilines is 1. The van der Waals surface area contributed by atoms with Crippen molar-refractivity contribution in [2.75, 3.05) is 12.8 Å². The zero-order valence-corrected chi connectivity index (χ0v) is 17.1. The summed E-state index contributed by atoms with van der Waals surface area (Å²) in [5, 5.41) is 3.88. The van der Waals surface area contributed by atoms with Crippen LogP contribution in [0.15, 0.2) is 30.3 Å². The molecule has 1 aliphatic rings. The summed E-state index contributed by atoms with van der Waals surface area (Å²) in [6, 6.07) is 9.80. The van der Waals surface area contributed by atoms with Crippen molar-refractivity contribution in [1.82, 2.24) is 10.3 Å². The number of nitrogen functional groups attached to an aromatic ring is 1. The summed E-state index contributed by atoms with van der Waals surface area (Å²) in [6.07, 6.45) is 4.46. The Hall–Kier alpha value is -2.60. The van der Waals surface area contributed by atoms with Gasteiger partial charge in [-0.15, -0.1) is 11.3 Å². The van der Waals surface area contributed by atoms with Gasteiger partial charge in [-0.3, -0.25) is 4.79 Å². The van der Waals surface area contributed by atoms with Crippen LogP contribution in [0.25, 0.3) is 10.2 Å². The number of benzene rings is 1. The number of methoxy groups -OCH3 is 1. The molecule has 5 nitrogen and oxygen atoms in total. The number of rotatable bonds is 5. The molecule has 2 heterocycles. The number of nitrogens with zero attached hydrogens (tertiary/aromatic N) is 1. The molecule has 0 aliphatic heterocycles. The Morgan fingerprint density at radius 2 is 2.14 bits per heavy atom. The Balaban J connectivity index is 1.54. The zero-order valence-electron chi connectivity index (χ0n) is 16.2. The van der Waals surface area contributed by atoms with E-state index in [9.17, 15) is 4.79 Å². The lowest BCUT2D eigenvalue weighted by Crippen LogP contribution is -2.22. The molecule has 4 rings (SSSR count). The molecule has 28 heavy (non-hydrogen) atoms. The first-order valence-electron chi connectivity index (χ1n) is 9.71. The first kappa shape index (κ1) is 18.7. The van der Waals surface area contributed by atoms with Crippen LogP contribution in [0.3, 0.4) is 0 Å². The number of thiophene rings is 1. The predicted octanol–water partition coefficient (Wildman–Crippen LogP) is 4.33. The minimum Gasteiger partial charge on any atom is -0.497 e. The molecule has 0 spiro atoms. The van der Waals surface area contributed by atoms with E-state index in [-0.39, 0.29) is 5.91 Å². The summed E-state index contributed by atoms with van der Waals surface area (Å²) < 4.78 is 5.16. The van der Waals surface area contributed by atoms with Crippen molar-refractivity contribution in [3.63, 3.8) is 0 Å². The number of carbonyl (C=O) groups is 1. The Bertz CT molecular complexity index is 1010. The number of aromatic nitrogens is 1. The fourth-order valence-electron chi connectivity index (χ4n) is 3.79. The fraction of sp³-hybridized carbons (Fsp3) is 0.364. The molecule has 0 fully saturated rings. The normalized spacial score (nSPS) is 16.0. The van der Waals surface area contributed by atoms with Crippen molar-refractivity contribution in [2.24, 2.45) is 5.92 Å². The molecule has 6 heteroatoms. The van der Waals surface area contributed by atoms with Crippen LogP contribution in [0, 0.1) is 5.92 Å². The minimum atomic E-state index is -0.152. The Morgan fingerprint density at radius 3 is 2.86 bits per heavy atom. The summed E-state index contributed by atoms with van der Waals surface area (Å²) >= 11 is 1.38. The van der Waals surface area contributed by atoms with E-state index < -0.39 is 0 Å². The Morgan fingerprint density at radius 1 is 1.36 bits per heavy atom. The number of hydrogen-bond donors (Lipinski definition) is 2. The highest BCUT2D eigenvalue weighted by Crippen LogP contribution is 2.36. The number of aryl methyl sites for hydroxylation is 1. The largest absolute Gasteiger partial charge is 0.497 e. The molecular formula is C22H25N3O2S. The Kier molecular flexibility index (Phi) is 5.22. The highest BCUT2D eigenvalue weighted by Gasteiger charge is 2.23. The van der Waals surface area contributed by atoms with Crippen LogP contribution in [0.4, 0.5) is 5.69 Å². The molecule has 3 aromatic rings. The van der Waals surface area contributed by atoms with E-state index in [2.05, 4.69) is 18.3 Å².